The fourth-order valence-electron chi connectivity index (χ4n) is 3.96. The summed E-state index contributed by atoms with van der Waals surface area (Å²) in [5, 5.41) is 13.7. The molecule has 114 valence electrons. The Kier molecular flexibility index (Phi) is 3.72. The van der Waals surface area contributed by atoms with Crippen LogP contribution >= 0.6 is 15.9 Å². The first kappa shape index (κ1) is 14.0. The zero-order chi connectivity index (χ0) is 14.4. The zero-order valence-corrected chi connectivity index (χ0v) is 13.8. The molecule has 1 aromatic carbocycles. The van der Waals surface area contributed by atoms with Gasteiger partial charge in [0.15, 0.2) is 0 Å². The van der Waals surface area contributed by atoms with Gasteiger partial charge >= 0.3 is 0 Å². The highest BCUT2D eigenvalue weighted by Gasteiger charge is 2.42. The van der Waals surface area contributed by atoms with Crippen molar-refractivity contribution in [2.45, 2.75) is 44.4 Å². The number of aliphatic hydroxyl groups is 1. The van der Waals surface area contributed by atoms with E-state index in [-0.39, 0.29) is 6.10 Å². The Labute approximate surface area is 134 Å². The lowest BCUT2D eigenvalue weighted by Gasteiger charge is -2.24. The van der Waals surface area contributed by atoms with Gasteiger partial charge in [-0.05, 0) is 49.3 Å². The molecule has 3 unspecified atom stereocenters. The first-order chi connectivity index (χ1) is 10.2. The number of fused-ring (bicyclic) bond motifs is 1. The normalized spacial score (nSPS) is 31.7. The van der Waals surface area contributed by atoms with Gasteiger partial charge in [-0.1, -0.05) is 22.0 Å². The summed E-state index contributed by atoms with van der Waals surface area (Å²) >= 11 is 3.61. The summed E-state index contributed by atoms with van der Waals surface area (Å²) in [4.78, 5) is 2.49. The molecule has 4 heteroatoms. The highest BCUT2D eigenvalue weighted by molar-refractivity contribution is 9.10. The van der Waals surface area contributed by atoms with Gasteiger partial charge < -0.3 is 15.3 Å². The highest BCUT2D eigenvalue weighted by atomic mass is 79.9. The van der Waals surface area contributed by atoms with Crippen LogP contribution in [0.4, 0.5) is 5.69 Å². The molecule has 0 spiro atoms. The number of anilines is 1. The Morgan fingerprint density at radius 2 is 2.05 bits per heavy atom. The minimum Gasteiger partial charge on any atom is -0.393 e. The van der Waals surface area contributed by atoms with Crippen LogP contribution in [0.2, 0.25) is 0 Å². The lowest BCUT2D eigenvalue weighted by molar-refractivity contribution is 0.133. The maximum absolute atomic E-state index is 10.1. The van der Waals surface area contributed by atoms with Crippen LogP contribution in [0.25, 0.3) is 0 Å². The Balaban J connectivity index is 1.54. The number of nitrogens with zero attached hydrogens (tertiary/aromatic N) is 1. The molecule has 1 heterocycles. The van der Waals surface area contributed by atoms with Crippen LogP contribution in [0.3, 0.4) is 0 Å². The molecule has 3 aliphatic rings. The van der Waals surface area contributed by atoms with Crippen LogP contribution in [-0.4, -0.2) is 30.3 Å². The van der Waals surface area contributed by atoms with E-state index in [1.165, 1.54) is 30.5 Å². The SMILES string of the molecule is OC1CCC2CN(c3cc(Br)ccc3CNC3CC3)CC12. The van der Waals surface area contributed by atoms with Gasteiger partial charge in [-0.15, -0.1) is 0 Å². The predicted octanol–water partition coefficient (Wildman–Crippen LogP) is 2.91. The lowest BCUT2D eigenvalue weighted by Crippen LogP contribution is -2.26. The Hall–Kier alpha value is -0.580. The van der Waals surface area contributed by atoms with Crippen LogP contribution in [0.15, 0.2) is 22.7 Å². The monoisotopic (exact) mass is 350 g/mol. The van der Waals surface area contributed by atoms with E-state index in [1.807, 2.05) is 0 Å². The number of halogens is 1. The fraction of sp³-hybridized carbons (Fsp3) is 0.647. The van der Waals surface area contributed by atoms with Crippen molar-refractivity contribution >= 4 is 21.6 Å². The molecule has 3 nitrogen and oxygen atoms in total. The van der Waals surface area contributed by atoms with Gasteiger partial charge in [0.2, 0.25) is 0 Å². The smallest absolute Gasteiger partial charge is 0.0588 e. The molecule has 1 aliphatic heterocycles. The summed E-state index contributed by atoms with van der Waals surface area (Å²) in [6.07, 6.45) is 4.75. The molecule has 3 atom stereocenters. The van der Waals surface area contributed by atoms with Crippen molar-refractivity contribution in [1.82, 2.24) is 5.32 Å². The maximum atomic E-state index is 10.1. The summed E-state index contributed by atoms with van der Waals surface area (Å²) in [5.41, 5.74) is 2.73. The predicted molar refractivity (Wildman–Crippen MR) is 88.4 cm³/mol. The van der Waals surface area contributed by atoms with E-state index in [0.717, 1.165) is 36.6 Å². The fourth-order valence-corrected chi connectivity index (χ4v) is 4.30. The van der Waals surface area contributed by atoms with Gasteiger partial charge in [-0.25, -0.2) is 0 Å². The molecule has 21 heavy (non-hydrogen) atoms. The van der Waals surface area contributed by atoms with E-state index in [0.29, 0.717) is 11.8 Å². The minimum atomic E-state index is -0.0832. The zero-order valence-electron chi connectivity index (χ0n) is 12.3. The molecule has 0 radical (unpaired) electrons. The standard InChI is InChI=1S/C17H23BrN2O/c18-13-3-1-11(8-19-14-4-5-14)16(7-13)20-9-12-2-6-17(21)15(12)10-20/h1,3,7,12,14-15,17,19,21H,2,4-6,8-10H2. The maximum Gasteiger partial charge on any atom is 0.0588 e. The second-order valence-electron chi connectivity index (χ2n) is 6.90. The number of hydrogen-bond donors (Lipinski definition) is 2. The second-order valence-corrected chi connectivity index (χ2v) is 7.82. The van der Waals surface area contributed by atoms with Crippen molar-refractivity contribution < 1.29 is 5.11 Å². The summed E-state index contributed by atoms with van der Waals surface area (Å²) in [7, 11) is 0. The Morgan fingerprint density at radius 1 is 1.19 bits per heavy atom. The molecule has 2 N–H and O–H groups in total. The first-order valence-electron chi connectivity index (χ1n) is 8.15. The van der Waals surface area contributed by atoms with Crippen molar-refractivity contribution in [3.63, 3.8) is 0 Å². The summed E-state index contributed by atoms with van der Waals surface area (Å²) in [6.45, 7) is 3.08. The van der Waals surface area contributed by atoms with Crippen LogP contribution in [0.5, 0.6) is 0 Å². The number of aliphatic hydroxyl groups excluding tert-OH is 1. The third kappa shape index (κ3) is 2.86. The molecule has 0 bridgehead atoms. The molecule has 0 amide bonds. The number of nitrogens with one attached hydrogen (secondary N) is 1. The van der Waals surface area contributed by atoms with Gasteiger partial charge in [-0.3, -0.25) is 0 Å². The van der Waals surface area contributed by atoms with Crippen LogP contribution in [-0.2, 0) is 6.54 Å². The van der Waals surface area contributed by atoms with E-state index in [1.54, 1.807) is 0 Å². The topological polar surface area (TPSA) is 35.5 Å². The average molecular weight is 351 g/mol. The largest absolute Gasteiger partial charge is 0.393 e. The molecule has 2 saturated carbocycles. The van der Waals surface area contributed by atoms with Gasteiger partial charge in [-0.2, -0.15) is 0 Å². The number of benzene rings is 1. The molecule has 1 saturated heterocycles. The van der Waals surface area contributed by atoms with Crippen LogP contribution in [0, 0.1) is 11.8 Å². The number of rotatable bonds is 4. The average Bonchev–Trinajstić information content (AvgIpc) is 3.10. The van der Waals surface area contributed by atoms with Crippen LogP contribution in [0.1, 0.15) is 31.2 Å². The van der Waals surface area contributed by atoms with Crippen molar-refractivity contribution in [2.75, 3.05) is 18.0 Å². The number of hydrogen-bond acceptors (Lipinski definition) is 3. The van der Waals surface area contributed by atoms with E-state index in [2.05, 4.69) is 44.3 Å². The van der Waals surface area contributed by atoms with E-state index in [9.17, 15) is 5.11 Å². The van der Waals surface area contributed by atoms with Gasteiger partial charge in [0.1, 0.15) is 0 Å². The van der Waals surface area contributed by atoms with Crippen molar-refractivity contribution in [1.29, 1.82) is 0 Å². The highest BCUT2D eigenvalue weighted by Crippen LogP contribution is 2.41. The van der Waals surface area contributed by atoms with E-state index < -0.39 is 0 Å². The lowest BCUT2D eigenvalue weighted by atomic mass is 10.00. The van der Waals surface area contributed by atoms with Gasteiger partial charge in [0.05, 0.1) is 6.10 Å². The third-order valence-corrected chi connectivity index (χ3v) is 5.86. The molecular formula is C17H23BrN2O. The Morgan fingerprint density at radius 3 is 2.81 bits per heavy atom. The van der Waals surface area contributed by atoms with Crippen molar-refractivity contribution in [3.05, 3.63) is 28.2 Å². The molecule has 0 aromatic heterocycles. The molecule has 1 aromatic rings. The molecular weight excluding hydrogens is 328 g/mol. The quantitative estimate of drug-likeness (QED) is 0.876. The van der Waals surface area contributed by atoms with Crippen molar-refractivity contribution in [3.8, 4) is 0 Å². The molecule has 4 rings (SSSR count). The third-order valence-electron chi connectivity index (χ3n) is 5.37. The Bertz CT molecular complexity index is 532. The second kappa shape index (κ2) is 5.56. The summed E-state index contributed by atoms with van der Waals surface area (Å²) in [5.74, 6) is 1.16. The molecule has 2 aliphatic carbocycles. The van der Waals surface area contributed by atoms with E-state index >= 15 is 0 Å². The van der Waals surface area contributed by atoms with E-state index in [4.69, 9.17) is 0 Å². The van der Waals surface area contributed by atoms with Gasteiger partial charge in [0, 0.05) is 41.8 Å². The summed E-state index contributed by atoms with van der Waals surface area (Å²) in [6, 6.07) is 7.36. The minimum absolute atomic E-state index is 0.0832. The summed E-state index contributed by atoms with van der Waals surface area (Å²) < 4.78 is 1.14. The van der Waals surface area contributed by atoms with Gasteiger partial charge in [0.25, 0.3) is 0 Å². The molecule has 3 fully saturated rings. The first-order valence-corrected chi connectivity index (χ1v) is 8.95. The van der Waals surface area contributed by atoms with Crippen LogP contribution < -0.4 is 10.2 Å². The van der Waals surface area contributed by atoms with Crippen molar-refractivity contribution in [2.24, 2.45) is 11.8 Å².